The number of imidazole rings is 1. The summed E-state index contributed by atoms with van der Waals surface area (Å²) in [6.45, 7) is 5.63. The molecule has 1 amide bonds. The van der Waals surface area contributed by atoms with Crippen molar-refractivity contribution >= 4 is 11.6 Å². The number of benzene rings is 1. The van der Waals surface area contributed by atoms with Crippen LogP contribution < -0.4 is 5.32 Å². The van der Waals surface area contributed by atoms with Gasteiger partial charge in [-0.2, -0.15) is 0 Å². The number of hydrogen-bond acceptors (Lipinski definition) is 4. The van der Waals surface area contributed by atoms with Crippen LogP contribution in [0.1, 0.15) is 35.7 Å². The molecule has 1 fully saturated rings. The molecule has 0 saturated carbocycles. The predicted octanol–water partition coefficient (Wildman–Crippen LogP) is 3.75. The molecular weight excluding hydrogens is 350 g/mol. The highest BCUT2D eigenvalue weighted by molar-refractivity contribution is 6.04. The van der Waals surface area contributed by atoms with Crippen LogP contribution in [0, 0.1) is 5.92 Å². The van der Waals surface area contributed by atoms with Gasteiger partial charge in [0, 0.05) is 42.9 Å². The summed E-state index contributed by atoms with van der Waals surface area (Å²) in [6, 6.07) is 11.6. The molecule has 1 aromatic carbocycles. The molecule has 6 heteroatoms. The van der Waals surface area contributed by atoms with Crippen molar-refractivity contribution in [3.8, 4) is 5.82 Å². The van der Waals surface area contributed by atoms with Crippen LogP contribution in [0.2, 0.25) is 0 Å². The van der Waals surface area contributed by atoms with E-state index < -0.39 is 0 Å². The maximum absolute atomic E-state index is 12.6. The Labute approximate surface area is 165 Å². The summed E-state index contributed by atoms with van der Waals surface area (Å²) in [6.07, 6.45) is 9.38. The molecule has 1 aliphatic heterocycles. The van der Waals surface area contributed by atoms with Gasteiger partial charge in [-0.05, 0) is 55.1 Å². The van der Waals surface area contributed by atoms with Gasteiger partial charge in [-0.1, -0.05) is 19.1 Å². The van der Waals surface area contributed by atoms with E-state index in [1.807, 2.05) is 12.1 Å². The van der Waals surface area contributed by atoms with E-state index in [2.05, 4.69) is 39.2 Å². The number of piperidine rings is 1. The average Bonchev–Trinajstić information content (AvgIpc) is 3.25. The second-order valence-corrected chi connectivity index (χ2v) is 7.51. The summed E-state index contributed by atoms with van der Waals surface area (Å²) >= 11 is 0. The summed E-state index contributed by atoms with van der Waals surface area (Å²) in [5.74, 6) is 1.29. The second-order valence-electron chi connectivity index (χ2n) is 7.51. The maximum Gasteiger partial charge on any atom is 0.255 e. The monoisotopic (exact) mass is 375 g/mol. The molecule has 1 saturated heterocycles. The molecule has 1 N–H and O–H groups in total. The van der Waals surface area contributed by atoms with Crippen LogP contribution in [0.15, 0.2) is 61.3 Å². The Morgan fingerprint density at radius 2 is 2.07 bits per heavy atom. The summed E-state index contributed by atoms with van der Waals surface area (Å²) in [5, 5.41) is 2.96. The summed E-state index contributed by atoms with van der Waals surface area (Å²) in [4.78, 5) is 23.4. The van der Waals surface area contributed by atoms with E-state index in [0.717, 1.165) is 18.2 Å². The van der Waals surface area contributed by atoms with E-state index in [1.165, 1.54) is 31.5 Å². The first-order chi connectivity index (χ1) is 13.7. The van der Waals surface area contributed by atoms with E-state index in [4.69, 9.17) is 0 Å². The van der Waals surface area contributed by atoms with Crippen molar-refractivity contribution in [2.45, 2.75) is 26.3 Å². The minimum absolute atomic E-state index is 0.152. The molecule has 0 aliphatic carbocycles. The zero-order chi connectivity index (χ0) is 19.3. The van der Waals surface area contributed by atoms with Crippen molar-refractivity contribution in [2.24, 2.45) is 5.92 Å². The molecule has 0 spiro atoms. The largest absolute Gasteiger partial charge is 0.322 e. The number of rotatable bonds is 5. The Morgan fingerprint density at radius 3 is 2.82 bits per heavy atom. The number of anilines is 1. The van der Waals surface area contributed by atoms with Gasteiger partial charge in [-0.25, -0.2) is 9.97 Å². The van der Waals surface area contributed by atoms with Crippen LogP contribution in [0.4, 0.5) is 5.69 Å². The lowest BCUT2D eigenvalue weighted by atomic mass is 10.00. The van der Waals surface area contributed by atoms with Gasteiger partial charge in [0.2, 0.25) is 0 Å². The van der Waals surface area contributed by atoms with Gasteiger partial charge in [0.25, 0.3) is 5.91 Å². The van der Waals surface area contributed by atoms with Crippen LogP contribution in [-0.2, 0) is 6.54 Å². The molecular formula is C22H25N5O. The third-order valence-electron chi connectivity index (χ3n) is 5.14. The highest BCUT2D eigenvalue weighted by Gasteiger charge is 2.16. The number of amides is 1. The molecule has 0 radical (unpaired) electrons. The molecule has 2 aromatic heterocycles. The predicted molar refractivity (Wildman–Crippen MR) is 109 cm³/mol. The second kappa shape index (κ2) is 8.35. The molecule has 3 aromatic rings. The highest BCUT2D eigenvalue weighted by atomic mass is 16.1. The van der Waals surface area contributed by atoms with E-state index in [-0.39, 0.29) is 5.91 Å². The van der Waals surface area contributed by atoms with Crippen LogP contribution in [0.5, 0.6) is 0 Å². The Balaban J connectivity index is 1.39. The minimum Gasteiger partial charge on any atom is -0.322 e. The standard InChI is InChI=1S/C22H25N5O/c1-17-3-2-11-26(14-17)15-18-4-6-20(7-5-18)25-22(28)19-8-9-24-21(13-19)27-12-10-23-16-27/h4-10,12-13,16-17H,2-3,11,14-15H2,1H3,(H,25,28). The van der Waals surface area contributed by atoms with Gasteiger partial charge >= 0.3 is 0 Å². The number of aromatic nitrogens is 3. The molecule has 6 nitrogen and oxygen atoms in total. The maximum atomic E-state index is 12.6. The molecule has 1 aliphatic rings. The van der Waals surface area contributed by atoms with Crippen molar-refractivity contribution in [1.29, 1.82) is 0 Å². The average molecular weight is 375 g/mol. The van der Waals surface area contributed by atoms with E-state index in [9.17, 15) is 4.79 Å². The van der Waals surface area contributed by atoms with Crippen molar-refractivity contribution in [3.05, 3.63) is 72.4 Å². The Hall–Kier alpha value is -2.99. The van der Waals surface area contributed by atoms with Gasteiger partial charge in [-0.3, -0.25) is 14.3 Å². The minimum atomic E-state index is -0.152. The fourth-order valence-electron chi connectivity index (χ4n) is 3.68. The lowest BCUT2D eigenvalue weighted by molar-refractivity contribution is 0.102. The third-order valence-corrected chi connectivity index (χ3v) is 5.14. The molecule has 3 heterocycles. The number of carbonyl (C=O) groups excluding carboxylic acids is 1. The van der Waals surface area contributed by atoms with E-state index >= 15 is 0 Å². The number of hydrogen-bond donors (Lipinski definition) is 1. The summed E-state index contributed by atoms with van der Waals surface area (Å²) < 4.78 is 1.77. The number of pyridine rings is 1. The van der Waals surface area contributed by atoms with Gasteiger partial charge in [0.1, 0.15) is 12.1 Å². The van der Waals surface area contributed by atoms with Gasteiger partial charge in [0.05, 0.1) is 0 Å². The lowest BCUT2D eigenvalue weighted by Crippen LogP contribution is -2.33. The Morgan fingerprint density at radius 1 is 1.21 bits per heavy atom. The molecule has 144 valence electrons. The van der Waals surface area contributed by atoms with Crippen molar-refractivity contribution in [2.75, 3.05) is 18.4 Å². The topological polar surface area (TPSA) is 63.1 Å². The molecule has 4 rings (SSSR count). The van der Waals surface area contributed by atoms with E-state index in [0.29, 0.717) is 11.4 Å². The first kappa shape index (κ1) is 18.4. The van der Waals surface area contributed by atoms with Crippen LogP contribution in [0.3, 0.4) is 0 Å². The summed E-state index contributed by atoms with van der Waals surface area (Å²) in [5.41, 5.74) is 2.63. The smallest absolute Gasteiger partial charge is 0.255 e. The molecule has 1 unspecified atom stereocenters. The lowest BCUT2D eigenvalue weighted by Gasteiger charge is -2.30. The first-order valence-corrected chi connectivity index (χ1v) is 9.74. The zero-order valence-electron chi connectivity index (χ0n) is 16.1. The zero-order valence-corrected chi connectivity index (χ0v) is 16.1. The Kier molecular flexibility index (Phi) is 5.48. The van der Waals surface area contributed by atoms with E-state index in [1.54, 1.807) is 41.6 Å². The van der Waals surface area contributed by atoms with Crippen LogP contribution in [0.25, 0.3) is 5.82 Å². The van der Waals surface area contributed by atoms with Crippen molar-refractivity contribution in [1.82, 2.24) is 19.4 Å². The van der Waals surface area contributed by atoms with Gasteiger partial charge in [0.15, 0.2) is 0 Å². The molecule has 0 bridgehead atoms. The van der Waals surface area contributed by atoms with Crippen molar-refractivity contribution < 1.29 is 4.79 Å². The third kappa shape index (κ3) is 4.46. The number of nitrogens with one attached hydrogen (secondary N) is 1. The summed E-state index contributed by atoms with van der Waals surface area (Å²) in [7, 11) is 0. The van der Waals surface area contributed by atoms with Gasteiger partial charge in [-0.15, -0.1) is 0 Å². The first-order valence-electron chi connectivity index (χ1n) is 9.74. The highest BCUT2D eigenvalue weighted by Crippen LogP contribution is 2.19. The SMILES string of the molecule is CC1CCCN(Cc2ccc(NC(=O)c3ccnc(-n4ccnc4)c3)cc2)C1. The van der Waals surface area contributed by atoms with Crippen molar-refractivity contribution in [3.63, 3.8) is 0 Å². The fourth-order valence-corrected chi connectivity index (χ4v) is 3.68. The normalized spacial score (nSPS) is 17.4. The number of likely N-dealkylation sites (tertiary alicyclic amines) is 1. The van der Waals surface area contributed by atoms with Crippen LogP contribution >= 0.6 is 0 Å². The quantitative estimate of drug-likeness (QED) is 0.738. The Bertz CT molecular complexity index is 920. The van der Waals surface area contributed by atoms with Gasteiger partial charge < -0.3 is 5.32 Å². The fraction of sp³-hybridized carbons (Fsp3) is 0.318. The molecule has 1 atom stereocenters. The number of nitrogens with zero attached hydrogens (tertiary/aromatic N) is 4. The number of carbonyl (C=O) groups is 1. The van der Waals surface area contributed by atoms with Crippen LogP contribution in [-0.4, -0.2) is 38.4 Å². The molecule has 28 heavy (non-hydrogen) atoms.